The van der Waals surface area contributed by atoms with Gasteiger partial charge >= 0.3 is 6.09 Å². The van der Waals surface area contributed by atoms with Crippen LogP contribution in [0, 0.1) is 0 Å². The molecule has 32 heavy (non-hydrogen) atoms. The van der Waals surface area contributed by atoms with E-state index in [2.05, 4.69) is 12.2 Å². The Balaban J connectivity index is 1.46. The maximum atomic E-state index is 12.4. The molecule has 1 N–H and O–H groups in total. The number of carbonyl (C=O) groups is 1. The highest BCUT2D eigenvalue weighted by molar-refractivity contribution is 6.30. The van der Waals surface area contributed by atoms with Gasteiger partial charge in [0, 0.05) is 24.7 Å². The van der Waals surface area contributed by atoms with Crippen LogP contribution in [0.25, 0.3) is 0 Å². The summed E-state index contributed by atoms with van der Waals surface area (Å²) in [5.74, 6) is 0.519. The van der Waals surface area contributed by atoms with Gasteiger partial charge in [-0.1, -0.05) is 50.6 Å². The van der Waals surface area contributed by atoms with Crippen molar-refractivity contribution in [3.05, 3.63) is 29.3 Å². The molecule has 1 aliphatic rings. The van der Waals surface area contributed by atoms with Gasteiger partial charge in [0.15, 0.2) is 0 Å². The molecule has 0 radical (unpaired) electrons. The molecule has 1 aliphatic carbocycles. The van der Waals surface area contributed by atoms with Crippen molar-refractivity contribution in [3.8, 4) is 5.75 Å². The van der Waals surface area contributed by atoms with Gasteiger partial charge in [0.2, 0.25) is 0 Å². The van der Waals surface area contributed by atoms with E-state index in [0.29, 0.717) is 16.9 Å². The van der Waals surface area contributed by atoms with Crippen LogP contribution in [0.15, 0.2) is 24.3 Å². The van der Waals surface area contributed by atoms with Crippen molar-refractivity contribution in [3.63, 3.8) is 0 Å². The lowest BCUT2D eigenvalue weighted by Gasteiger charge is -2.34. The Morgan fingerprint density at radius 2 is 1.59 bits per heavy atom. The summed E-state index contributed by atoms with van der Waals surface area (Å²) in [5.41, 5.74) is 0. The zero-order valence-corrected chi connectivity index (χ0v) is 20.9. The van der Waals surface area contributed by atoms with E-state index in [1.807, 2.05) is 7.05 Å². The smallest absolute Gasteiger partial charge is 0.410 e. The monoisotopic (exact) mass is 466 g/mol. The fourth-order valence-corrected chi connectivity index (χ4v) is 4.31. The van der Waals surface area contributed by atoms with Gasteiger partial charge in [-0.3, -0.25) is 0 Å². The number of nitrogens with one attached hydrogen (secondary N) is 1. The summed E-state index contributed by atoms with van der Waals surface area (Å²) in [6.07, 6.45) is 14.2. The minimum atomic E-state index is -0.313. The lowest BCUT2D eigenvalue weighted by Crippen LogP contribution is -2.42. The molecule has 0 heterocycles. The molecule has 1 fully saturated rings. The molecule has 1 aromatic carbocycles. The lowest BCUT2D eigenvalue weighted by molar-refractivity contribution is 0.0105. The van der Waals surface area contributed by atoms with E-state index in [1.165, 1.54) is 51.5 Å². The van der Waals surface area contributed by atoms with Gasteiger partial charge in [-0.05, 0) is 82.3 Å². The first-order valence-corrected chi connectivity index (χ1v) is 13.0. The molecule has 0 bridgehead atoms. The minimum absolute atomic E-state index is 0.212. The number of halogens is 1. The molecular formula is C26H43ClN2O3. The Labute approximate surface area is 200 Å². The molecule has 1 saturated carbocycles. The van der Waals surface area contributed by atoms with Gasteiger partial charge in [0.05, 0.1) is 6.10 Å². The SMILES string of the molecule is CCCCCCNCCCCCCOC1CCC(N(C)C(=O)Oc2ccc(Cl)cc2)CC1. The average Bonchev–Trinajstić information content (AvgIpc) is 2.81. The average molecular weight is 467 g/mol. The number of unbranched alkanes of at least 4 members (excludes halogenated alkanes) is 6. The zero-order valence-electron chi connectivity index (χ0n) is 20.1. The van der Waals surface area contributed by atoms with Gasteiger partial charge in [-0.15, -0.1) is 0 Å². The number of rotatable bonds is 15. The summed E-state index contributed by atoms with van der Waals surface area (Å²) in [4.78, 5) is 14.1. The highest BCUT2D eigenvalue weighted by Crippen LogP contribution is 2.26. The Hall–Kier alpha value is -1.30. The van der Waals surface area contributed by atoms with Crippen molar-refractivity contribution in [2.75, 3.05) is 26.7 Å². The maximum Gasteiger partial charge on any atom is 0.415 e. The van der Waals surface area contributed by atoms with E-state index in [9.17, 15) is 4.79 Å². The number of carbonyl (C=O) groups excluding carboxylic acids is 1. The fraction of sp³-hybridized carbons (Fsp3) is 0.731. The second-order valence-electron chi connectivity index (χ2n) is 8.96. The minimum Gasteiger partial charge on any atom is -0.410 e. The molecule has 0 aliphatic heterocycles. The maximum absolute atomic E-state index is 12.4. The van der Waals surface area contributed by atoms with Crippen LogP contribution in [0.5, 0.6) is 5.75 Å². The highest BCUT2D eigenvalue weighted by atomic mass is 35.5. The van der Waals surface area contributed by atoms with E-state index < -0.39 is 0 Å². The van der Waals surface area contributed by atoms with E-state index in [4.69, 9.17) is 21.1 Å². The fourth-order valence-electron chi connectivity index (χ4n) is 4.18. The molecule has 2 rings (SSSR count). The van der Waals surface area contributed by atoms with Crippen molar-refractivity contribution in [2.45, 2.75) is 96.1 Å². The Morgan fingerprint density at radius 1 is 0.969 bits per heavy atom. The molecule has 0 unspecified atom stereocenters. The Kier molecular flexibility index (Phi) is 13.8. The van der Waals surface area contributed by atoms with Crippen LogP contribution >= 0.6 is 11.6 Å². The molecule has 0 spiro atoms. The largest absolute Gasteiger partial charge is 0.415 e. The lowest BCUT2D eigenvalue weighted by atomic mass is 9.92. The Morgan fingerprint density at radius 3 is 2.25 bits per heavy atom. The number of nitrogens with zero attached hydrogens (tertiary/aromatic N) is 1. The van der Waals surface area contributed by atoms with Crippen LogP contribution in [0.1, 0.15) is 84.0 Å². The molecule has 1 aromatic rings. The zero-order chi connectivity index (χ0) is 23.0. The summed E-state index contributed by atoms with van der Waals surface area (Å²) in [7, 11) is 1.82. The van der Waals surface area contributed by atoms with E-state index in [0.717, 1.165) is 45.3 Å². The molecule has 0 saturated heterocycles. The second kappa shape index (κ2) is 16.3. The molecular weight excluding hydrogens is 424 g/mol. The van der Waals surface area contributed by atoms with Crippen molar-refractivity contribution in [1.29, 1.82) is 0 Å². The normalized spacial score (nSPS) is 18.5. The first kappa shape index (κ1) is 26.9. The van der Waals surface area contributed by atoms with Gasteiger partial charge in [-0.2, -0.15) is 0 Å². The second-order valence-corrected chi connectivity index (χ2v) is 9.40. The standard InChI is InChI=1S/C26H43ClN2O3/c1-3-4-5-8-19-28-20-9-6-7-10-21-31-24-17-13-23(14-18-24)29(2)26(30)32-25-15-11-22(27)12-16-25/h11-12,15-16,23-24,28H,3-10,13-14,17-21H2,1-2H3. The third-order valence-corrected chi connectivity index (χ3v) is 6.56. The number of hydrogen-bond donors (Lipinski definition) is 1. The number of benzene rings is 1. The third kappa shape index (κ3) is 11.0. The van der Waals surface area contributed by atoms with Crippen molar-refractivity contribution < 1.29 is 14.3 Å². The summed E-state index contributed by atoms with van der Waals surface area (Å²) in [6, 6.07) is 7.08. The molecule has 1 amide bonds. The van der Waals surface area contributed by atoms with Gasteiger partial charge in [0.25, 0.3) is 0 Å². The van der Waals surface area contributed by atoms with Crippen LogP contribution in [-0.2, 0) is 4.74 Å². The predicted octanol–water partition coefficient (Wildman–Crippen LogP) is 6.83. The van der Waals surface area contributed by atoms with Crippen LogP contribution < -0.4 is 10.1 Å². The summed E-state index contributed by atoms with van der Waals surface area (Å²) in [5, 5.41) is 4.18. The van der Waals surface area contributed by atoms with Crippen LogP contribution in [0.3, 0.4) is 0 Å². The topological polar surface area (TPSA) is 50.8 Å². The molecule has 5 nitrogen and oxygen atoms in total. The van der Waals surface area contributed by atoms with Gasteiger partial charge < -0.3 is 19.7 Å². The van der Waals surface area contributed by atoms with E-state index >= 15 is 0 Å². The molecule has 0 aromatic heterocycles. The summed E-state index contributed by atoms with van der Waals surface area (Å²) < 4.78 is 11.6. The summed E-state index contributed by atoms with van der Waals surface area (Å²) >= 11 is 5.88. The molecule has 182 valence electrons. The van der Waals surface area contributed by atoms with Crippen molar-refractivity contribution in [2.24, 2.45) is 0 Å². The number of amides is 1. The van der Waals surface area contributed by atoms with Crippen LogP contribution in [0.4, 0.5) is 4.79 Å². The number of hydrogen-bond acceptors (Lipinski definition) is 4. The Bertz CT molecular complexity index is 618. The van der Waals surface area contributed by atoms with Crippen LogP contribution in [0.2, 0.25) is 5.02 Å². The van der Waals surface area contributed by atoms with Crippen molar-refractivity contribution in [1.82, 2.24) is 10.2 Å². The quantitative estimate of drug-likeness (QED) is 0.288. The third-order valence-electron chi connectivity index (χ3n) is 6.31. The first-order valence-electron chi connectivity index (χ1n) is 12.6. The highest BCUT2D eigenvalue weighted by Gasteiger charge is 2.27. The van der Waals surface area contributed by atoms with E-state index in [1.54, 1.807) is 29.2 Å². The van der Waals surface area contributed by atoms with Crippen molar-refractivity contribution >= 4 is 17.7 Å². The molecule has 0 atom stereocenters. The van der Waals surface area contributed by atoms with Crippen LogP contribution in [-0.4, -0.2) is 49.9 Å². The predicted molar refractivity (Wildman–Crippen MR) is 133 cm³/mol. The first-order chi connectivity index (χ1) is 15.6. The van der Waals surface area contributed by atoms with E-state index in [-0.39, 0.29) is 12.1 Å². The molecule has 6 heteroatoms. The van der Waals surface area contributed by atoms with Gasteiger partial charge in [0.1, 0.15) is 5.75 Å². The van der Waals surface area contributed by atoms with Gasteiger partial charge in [-0.25, -0.2) is 4.79 Å². The summed E-state index contributed by atoms with van der Waals surface area (Å²) in [6.45, 7) is 5.42. The number of ether oxygens (including phenoxy) is 2.